The van der Waals surface area contributed by atoms with Crippen molar-refractivity contribution in [1.82, 2.24) is 0 Å². The Morgan fingerprint density at radius 2 is 1.95 bits per heavy atom. The largest absolute Gasteiger partial charge is 0.483 e. The van der Waals surface area contributed by atoms with E-state index in [-0.39, 0.29) is 12.1 Å². The van der Waals surface area contributed by atoms with Gasteiger partial charge in [0.05, 0.1) is 3.57 Å². The highest BCUT2D eigenvalue weighted by molar-refractivity contribution is 14.1. The van der Waals surface area contributed by atoms with E-state index in [0.29, 0.717) is 5.02 Å². The first-order valence-electron chi connectivity index (χ1n) is 6.54. The Labute approximate surface area is 138 Å². The second kappa shape index (κ2) is 7.29. The Morgan fingerprint density at radius 3 is 2.60 bits per heavy atom. The highest BCUT2D eigenvalue weighted by Crippen LogP contribution is 2.29. The lowest BCUT2D eigenvalue weighted by Gasteiger charge is -2.25. The van der Waals surface area contributed by atoms with Crippen molar-refractivity contribution in [2.45, 2.75) is 25.5 Å². The Hall–Kier alpha value is -0.780. The van der Waals surface area contributed by atoms with Crippen molar-refractivity contribution in [2.75, 3.05) is 0 Å². The molecule has 20 heavy (non-hydrogen) atoms. The summed E-state index contributed by atoms with van der Waals surface area (Å²) in [5.74, 6) is 0.849. The molecule has 0 aliphatic carbocycles. The number of hydrogen-bond acceptors (Lipinski definition) is 2. The molecule has 0 saturated heterocycles. The molecular formula is C16H17ClINO. The van der Waals surface area contributed by atoms with E-state index in [1.165, 1.54) is 0 Å². The molecular weight excluding hydrogens is 385 g/mol. The summed E-state index contributed by atoms with van der Waals surface area (Å²) in [5, 5.41) is 0.696. The Bertz CT molecular complexity index is 576. The number of para-hydroxylation sites is 1. The smallest absolute Gasteiger partial charge is 0.139 e. The summed E-state index contributed by atoms with van der Waals surface area (Å²) in [6.07, 6.45) is 0.634. The maximum Gasteiger partial charge on any atom is 0.139 e. The highest BCUT2D eigenvalue weighted by atomic mass is 127. The van der Waals surface area contributed by atoms with Gasteiger partial charge in [-0.15, -0.1) is 0 Å². The van der Waals surface area contributed by atoms with Gasteiger partial charge in [-0.1, -0.05) is 42.8 Å². The Kier molecular flexibility index (Phi) is 5.69. The second-order valence-electron chi connectivity index (χ2n) is 4.60. The van der Waals surface area contributed by atoms with Gasteiger partial charge in [0.2, 0.25) is 0 Å². The topological polar surface area (TPSA) is 35.2 Å². The third-order valence-corrected chi connectivity index (χ3v) is 4.25. The lowest BCUT2D eigenvalue weighted by molar-refractivity contribution is 0.169. The fourth-order valence-corrected chi connectivity index (χ4v) is 2.69. The predicted octanol–water partition coefficient (Wildman–Crippen LogP) is 4.80. The average molecular weight is 402 g/mol. The number of rotatable bonds is 5. The van der Waals surface area contributed by atoms with Crippen molar-refractivity contribution >= 4 is 34.2 Å². The van der Waals surface area contributed by atoms with E-state index >= 15 is 0 Å². The van der Waals surface area contributed by atoms with Crippen molar-refractivity contribution in [3.05, 3.63) is 62.7 Å². The molecule has 0 saturated carbocycles. The normalized spacial score (nSPS) is 13.8. The highest BCUT2D eigenvalue weighted by Gasteiger charge is 2.21. The van der Waals surface area contributed by atoms with Crippen LogP contribution in [0.3, 0.4) is 0 Å². The first kappa shape index (κ1) is 15.6. The molecule has 2 rings (SSSR count). The first-order valence-corrected chi connectivity index (χ1v) is 7.99. The summed E-state index contributed by atoms with van der Waals surface area (Å²) in [5.41, 5.74) is 7.23. The first-order chi connectivity index (χ1) is 9.61. The minimum absolute atomic E-state index is 0.0792. The standard InChI is InChI=1S/C16H17ClINO/c1-2-14(19)16(11-6-5-7-12(17)10-11)20-15-9-4-3-8-13(15)18/h3-10,14,16H,2,19H2,1H3. The van der Waals surface area contributed by atoms with Gasteiger partial charge in [-0.3, -0.25) is 0 Å². The Balaban J connectivity index is 2.31. The number of hydrogen-bond donors (Lipinski definition) is 1. The van der Waals surface area contributed by atoms with Gasteiger partial charge in [0.1, 0.15) is 11.9 Å². The van der Waals surface area contributed by atoms with Crippen LogP contribution in [0.25, 0.3) is 0 Å². The van der Waals surface area contributed by atoms with Crippen molar-refractivity contribution in [1.29, 1.82) is 0 Å². The van der Waals surface area contributed by atoms with Crippen LogP contribution in [-0.4, -0.2) is 6.04 Å². The number of halogens is 2. The fourth-order valence-electron chi connectivity index (χ4n) is 1.98. The molecule has 106 valence electrons. The Morgan fingerprint density at radius 1 is 1.20 bits per heavy atom. The molecule has 2 nitrogen and oxygen atoms in total. The van der Waals surface area contributed by atoms with Gasteiger partial charge >= 0.3 is 0 Å². The molecule has 4 heteroatoms. The van der Waals surface area contributed by atoms with Crippen LogP contribution < -0.4 is 10.5 Å². The molecule has 0 aliphatic heterocycles. The number of benzene rings is 2. The van der Waals surface area contributed by atoms with Gasteiger partial charge in [-0.2, -0.15) is 0 Å². The fraction of sp³-hybridized carbons (Fsp3) is 0.250. The second-order valence-corrected chi connectivity index (χ2v) is 6.19. The molecule has 2 aromatic carbocycles. The predicted molar refractivity (Wildman–Crippen MR) is 92.2 cm³/mol. The number of ether oxygens (including phenoxy) is 1. The summed E-state index contributed by atoms with van der Waals surface area (Å²) in [6, 6.07) is 15.5. The van der Waals surface area contributed by atoms with E-state index in [4.69, 9.17) is 22.1 Å². The van der Waals surface area contributed by atoms with Gasteiger partial charge in [-0.05, 0) is 58.8 Å². The van der Waals surface area contributed by atoms with Crippen LogP contribution in [0.15, 0.2) is 48.5 Å². The molecule has 0 heterocycles. The minimum atomic E-state index is -0.199. The zero-order chi connectivity index (χ0) is 14.5. The lowest BCUT2D eigenvalue weighted by Crippen LogP contribution is -2.31. The molecule has 2 atom stereocenters. The van der Waals surface area contributed by atoms with Crippen molar-refractivity contribution in [2.24, 2.45) is 5.73 Å². The van der Waals surface area contributed by atoms with Crippen LogP contribution in [0.2, 0.25) is 5.02 Å². The van der Waals surface area contributed by atoms with Gasteiger partial charge in [0.15, 0.2) is 0 Å². The van der Waals surface area contributed by atoms with Gasteiger partial charge in [0, 0.05) is 11.1 Å². The van der Waals surface area contributed by atoms with E-state index < -0.39 is 0 Å². The molecule has 0 aromatic heterocycles. The van der Waals surface area contributed by atoms with Crippen LogP contribution in [0.1, 0.15) is 25.0 Å². The molecule has 2 N–H and O–H groups in total. The van der Waals surface area contributed by atoms with Gasteiger partial charge in [0.25, 0.3) is 0 Å². The molecule has 2 unspecified atom stereocenters. The van der Waals surface area contributed by atoms with Crippen LogP contribution in [-0.2, 0) is 0 Å². The summed E-state index contributed by atoms with van der Waals surface area (Å²) in [7, 11) is 0. The van der Waals surface area contributed by atoms with Crippen LogP contribution in [0.5, 0.6) is 5.75 Å². The van der Waals surface area contributed by atoms with Crippen LogP contribution in [0, 0.1) is 3.57 Å². The molecule has 0 spiro atoms. The zero-order valence-electron chi connectivity index (χ0n) is 11.2. The summed E-state index contributed by atoms with van der Waals surface area (Å²) in [6.45, 7) is 2.06. The van der Waals surface area contributed by atoms with Gasteiger partial charge < -0.3 is 10.5 Å². The SMILES string of the molecule is CCC(N)C(Oc1ccccc1I)c1cccc(Cl)c1. The molecule has 2 aromatic rings. The van der Waals surface area contributed by atoms with E-state index in [9.17, 15) is 0 Å². The van der Waals surface area contributed by atoms with Crippen molar-refractivity contribution in [3.8, 4) is 5.75 Å². The number of nitrogens with two attached hydrogens (primary N) is 1. The molecule has 0 amide bonds. The van der Waals surface area contributed by atoms with E-state index in [2.05, 4.69) is 29.5 Å². The third-order valence-electron chi connectivity index (χ3n) is 3.13. The van der Waals surface area contributed by atoms with Crippen LogP contribution in [0.4, 0.5) is 0 Å². The minimum Gasteiger partial charge on any atom is -0.483 e. The van der Waals surface area contributed by atoms with Crippen molar-refractivity contribution < 1.29 is 4.74 Å². The lowest BCUT2D eigenvalue weighted by atomic mass is 10.0. The molecule has 0 aliphatic rings. The van der Waals surface area contributed by atoms with E-state index in [0.717, 1.165) is 21.3 Å². The quantitative estimate of drug-likeness (QED) is 0.730. The molecule has 0 radical (unpaired) electrons. The van der Waals surface area contributed by atoms with E-state index in [1.807, 2.05) is 48.5 Å². The molecule has 0 bridgehead atoms. The summed E-state index contributed by atoms with van der Waals surface area (Å²) >= 11 is 8.34. The monoisotopic (exact) mass is 401 g/mol. The summed E-state index contributed by atoms with van der Waals surface area (Å²) in [4.78, 5) is 0. The average Bonchev–Trinajstić information content (AvgIpc) is 2.45. The summed E-state index contributed by atoms with van der Waals surface area (Å²) < 4.78 is 7.22. The van der Waals surface area contributed by atoms with Crippen molar-refractivity contribution in [3.63, 3.8) is 0 Å². The molecule has 0 fully saturated rings. The van der Waals surface area contributed by atoms with E-state index in [1.54, 1.807) is 0 Å². The van der Waals surface area contributed by atoms with Gasteiger partial charge in [-0.25, -0.2) is 0 Å². The third kappa shape index (κ3) is 3.87. The maximum absolute atomic E-state index is 6.23. The maximum atomic E-state index is 6.23. The van der Waals surface area contributed by atoms with Crippen LogP contribution >= 0.6 is 34.2 Å². The zero-order valence-corrected chi connectivity index (χ0v) is 14.1.